The maximum Gasteiger partial charge on any atom is 0.157 e. The highest BCUT2D eigenvalue weighted by molar-refractivity contribution is 7.99. The van der Waals surface area contributed by atoms with Crippen LogP contribution < -0.4 is 5.32 Å². The first-order valence-corrected chi connectivity index (χ1v) is 7.96. The van der Waals surface area contributed by atoms with Gasteiger partial charge in [-0.05, 0) is 25.1 Å². The molecule has 0 amide bonds. The van der Waals surface area contributed by atoms with Crippen molar-refractivity contribution in [3.63, 3.8) is 0 Å². The van der Waals surface area contributed by atoms with Gasteiger partial charge in [0.15, 0.2) is 5.82 Å². The summed E-state index contributed by atoms with van der Waals surface area (Å²) in [7, 11) is 1.81. The minimum Gasteiger partial charge on any atom is -0.374 e. The Hall–Kier alpha value is -1.01. The average Bonchev–Trinajstić information content (AvgIpc) is 2.48. The van der Waals surface area contributed by atoms with Crippen molar-refractivity contribution in [2.24, 2.45) is 0 Å². The molecule has 0 unspecified atom stereocenters. The molecule has 0 saturated heterocycles. The second-order valence-electron chi connectivity index (χ2n) is 4.07. The highest BCUT2D eigenvalue weighted by Gasteiger charge is 2.09. The molecule has 2 rings (SSSR count). The molecule has 1 N–H and O–H groups in total. The van der Waals surface area contributed by atoms with Gasteiger partial charge >= 0.3 is 0 Å². The molecule has 4 nitrogen and oxygen atoms in total. The summed E-state index contributed by atoms with van der Waals surface area (Å²) in [5, 5.41) is 5.08. The minimum absolute atomic E-state index is 0.378. The predicted octanol–water partition coefficient (Wildman–Crippen LogP) is 4.51. The second kappa shape index (κ2) is 7.84. The third kappa shape index (κ3) is 4.74. The zero-order valence-electron chi connectivity index (χ0n) is 11.7. The third-order valence-electron chi connectivity index (χ3n) is 2.55. The number of nitrogens with zero attached hydrogens (tertiary/aromatic N) is 2. The van der Waals surface area contributed by atoms with Crippen LogP contribution in [0.4, 0.5) is 5.82 Å². The Bertz CT molecular complexity index is 625. The molecule has 21 heavy (non-hydrogen) atoms. The molecule has 0 saturated carbocycles. The maximum atomic E-state index is 6.18. The average molecular weight is 344 g/mol. The number of nitrogens with one attached hydrogen (secondary N) is 1. The van der Waals surface area contributed by atoms with Crippen molar-refractivity contribution in [2.75, 3.05) is 19.0 Å². The number of halogens is 2. The van der Waals surface area contributed by atoms with Crippen molar-refractivity contribution in [1.29, 1.82) is 0 Å². The molecule has 1 aromatic heterocycles. The monoisotopic (exact) mass is 343 g/mol. The smallest absolute Gasteiger partial charge is 0.157 e. The van der Waals surface area contributed by atoms with Gasteiger partial charge in [-0.25, -0.2) is 9.97 Å². The van der Waals surface area contributed by atoms with Crippen molar-refractivity contribution in [2.45, 2.75) is 23.5 Å². The number of hydrogen-bond donors (Lipinski definition) is 1. The minimum atomic E-state index is 0.378. The molecule has 0 aliphatic rings. The molecule has 0 fully saturated rings. The summed E-state index contributed by atoms with van der Waals surface area (Å²) in [6.07, 6.45) is 0. The van der Waals surface area contributed by atoms with E-state index in [1.165, 1.54) is 11.8 Å². The van der Waals surface area contributed by atoms with Crippen LogP contribution in [0.15, 0.2) is 34.2 Å². The fraction of sp³-hybridized carbons (Fsp3) is 0.286. The van der Waals surface area contributed by atoms with Crippen molar-refractivity contribution >= 4 is 40.8 Å². The van der Waals surface area contributed by atoms with Gasteiger partial charge in [0.2, 0.25) is 0 Å². The van der Waals surface area contributed by atoms with E-state index in [0.29, 0.717) is 29.1 Å². The van der Waals surface area contributed by atoms with Gasteiger partial charge in [-0.2, -0.15) is 0 Å². The largest absolute Gasteiger partial charge is 0.374 e. The van der Waals surface area contributed by atoms with Gasteiger partial charge in [-0.3, -0.25) is 0 Å². The lowest BCUT2D eigenvalue weighted by Crippen LogP contribution is -2.03. The Kier molecular flexibility index (Phi) is 6.11. The van der Waals surface area contributed by atoms with Gasteiger partial charge in [-0.1, -0.05) is 35.0 Å². The SMILES string of the molecule is CCOCc1nc(NC)cc(Sc2cc(Cl)ccc2Cl)n1. The maximum absolute atomic E-state index is 6.18. The Morgan fingerprint density at radius 2 is 2.05 bits per heavy atom. The van der Waals surface area contributed by atoms with Crippen molar-refractivity contribution in [1.82, 2.24) is 9.97 Å². The molecule has 112 valence electrons. The molecule has 0 radical (unpaired) electrons. The highest BCUT2D eigenvalue weighted by Crippen LogP contribution is 2.34. The van der Waals surface area contributed by atoms with Crippen LogP contribution in [-0.4, -0.2) is 23.6 Å². The molecule has 1 heterocycles. The van der Waals surface area contributed by atoms with E-state index in [1.54, 1.807) is 12.1 Å². The van der Waals surface area contributed by atoms with Gasteiger partial charge in [0.1, 0.15) is 17.5 Å². The number of anilines is 1. The van der Waals surface area contributed by atoms with Crippen LogP contribution in [0.1, 0.15) is 12.7 Å². The standard InChI is InChI=1S/C14H15Cl2N3OS/c1-3-20-8-13-18-12(17-2)7-14(19-13)21-11-6-9(15)4-5-10(11)16/h4-7H,3,8H2,1-2H3,(H,17,18,19). The number of ether oxygens (including phenoxy) is 1. The van der Waals surface area contributed by atoms with E-state index in [4.69, 9.17) is 27.9 Å². The van der Waals surface area contributed by atoms with Gasteiger partial charge in [0.05, 0.1) is 5.02 Å². The van der Waals surface area contributed by atoms with Crippen LogP contribution in [0.5, 0.6) is 0 Å². The Balaban J connectivity index is 2.27. The molecule has 0 atom stereocenters. The lowest BCUT2D eigenvalue weighted by Gasteiger charge is -2.08. The summed E-state index contributed by atoms with van der Waals surface area (Å²) < 4.78 is 5.36. The van der Waals surface area contributed by atoms with Crippen molar-refractivity contribution < 1.29 is 4.74 Å². The molecule has 0 bridgehead atoms. The zero-order valence-corrected chi connectivity index (χ0v) is 14.0. The van der Waals surface area contributed by atoms with Crippen LogP contribution in [-0.2, 0) is 11.3 Å². The van der Waals surface area contributed by atoms with Gasteiger partial charge in [-0.15, -0.1) is 0 Å². The van der Waals surface area contributed by atoms with Gasteiger partial charge < -0.3 is 10.1 Å². The van der Waals surface area contributed by atoms with E-state index < -0.39 is 0 Å². The number of hydrogen-bond acceptors (Lipinski definition) is 5. The number of aromatic nitrogens is 2. The molecule has 0 aliphatic carbocycles. The molecule has 7 heteroatoms. The topological polar surface area (TPSA) is 47.0 Å². The first-order chi connectivity index (χ1) is 10.1. The van der Waals surface area contributed by atoms with E-state index in [-0.39, 0.29) is 0 Å². The quantitative estimate of drug-likeness (QED) is 0.781. The van der Waals surface area contributed by atoms with Crippen LogP contribution in [0, 0.1) is 0 Å². The van der Waals surface area contributed by atoms with Crippen LogP contribution in [0.3, 0.4) is 0 Å². The Morgan fingerprint density at radius 1 is 1.24 bits per heavy atom. The van der Waals surface area contributed by atoms with Crippen LogP contribution in [0.25, 0.3) is 0 Å². The molecule has 0 aliphatic heterocycles. The predicted molar refractivity (Wildman–Crippen MR) is 87.5 cm³/mol. The molecular weight excluding hydrogens is 329 g/mol. The first kappa shape index (κ1) is 16.4. The van der Waals surface area contributed by atoms with Gasteiger partial charge in [0.25, 0.3) is 0 Å². The third-order valence-corrected chi connectivity index (χ3v) is 4.20. The van der Waals surface area contributed by atoms with Crippen LogP contribution in [0.2, 0.25) is 10.0 Å². The normalized spacial score (nSPS) is 10.7. The fourth-order valence-electron chi connectivity index (χ4n) is 1.58. The van der Waals surface area contributed by atoms with E-state index in [9.17, 15) is 0 Å². The molecular formula is C14H15Cl2N3OS. The van der Waals surface area contributed by atoms with E-state index in [1.807, 2.05) is 26.1 Å². The number of rotatable bonds is 6. The van der Waals surface area contributed by atoms with Crippen molar-refractivity contribution in [3.05, 3.63) is 40.1 Å². The van der Waals surface area contributed by atoms with E-state index >= 15 is 0 Å². The van der Waals surface area contributed by atoms with Crippen LogP contribution >= 0.6 is 35.0 Å². The summed E-state index contributed by atoms with van der Waals surface area (Å²) in [5.41, 5.74) is 0. The van der Waals surface area contributed by atoms with Crippen molar-refractivity contribution in [3.8, 4) is 0 Å². The Labute approximate surface area is 138 Å². The molecule has 0 spiro atoms. The summed E-state index contributed by atoms with van der Waals surface area (Å²) in [4.78, 5) is 9.68. The summed E-state index contributed by atoms with van der Waals surface area (Å²) in [6.45, 7) is 2.93. The lowest BCUT2D eigenvalue weighted by molar-refractivity contribution is 0.128. The molecule has 2 aromatic rings. The summed E-state index contributed by atoms with van der Waals surface area (Å²) >= 11 is 13.6. The second-order valence-corrected chi connectivity index (χ2v) is 5.98. The Morgan fingerprint density at radius 3 is 2.76 bits per heavy atom. The highest BCUT2D eigenvalue weighted by atomic mass is 35.5. The zero-order chi connectivity index (χ0) is 15.2. The lowest BCUT2D eigenvalue weighted by atomic mass is 10.4. The number of benzene rings is 1. The molecule has 1 aromatic carbocycles. The first-order valence-electron chi connectivity index (χ1n) is 6.38. The summed E-state index contributed by atoms with van der Waals surface area (Å²) in [5.74, 6) is 1.37. The van der Waals surface area contributed by atoms with E-state index in [0.717, 1.165) is 15.7 Å². The van der Waals surface area contributed by atoms with Gasteiger partial charge in [0, 0.05) is 29.6 Å². The van der Waals surface area contributed by atoms with E-state index in [2.05, 4.69) is 15.3 Å². The summed E-state index contributed by atoms with van der Waals surface area (Å²) in [6, 6.07) is 7.20. The fourth-order valence-corrected chi connectivity index (χ4v) is 2.95.